The second kappa shape index (κ2) is 8.65. The Morgan fingerprint density at radius 2 is 1.61 bits per heavy atom. The number of pyridine rings is 1. The maximum Gasteiger partial charge on any atom is 0.416 e. The van der Waals surface area contributed by atoms with Gasteiger partial charge in [0.2, 0.25) is 5.88 Å². The van der Waals surface area contributed by atoms with Crippen LogP contribution < -0.4 is 10.1 Å². The predicted octanol–water partition coefficient (Wildman–Crippen LogP) is 5.40. The first kappa shape index (κ1) is 23.0. The number of halogens is 6. The van der Waals surface area contributed by atoms with Crippen molar-refractivity contribution in [2.45, 2.75) is 38.2 Å². The number of benzene rings is 1. The fourth-order valence-corrected chi connectivity index (χ4v) is 3.69. The van der Waals surface area contributed by atoms with Gasteiger partial charge >= 0.3 is 12.4 Å². The Balaban J connectivity index is 1.69. The molecular weight excluding hydrogens is 452 g/mol. The molecule has 4 rings (SSSR count). The van der Waals surface area contributed by atoms with E-state index in [1.165, 1.54) is 6.07 Å². The standard InChI is InChI=1S/C21H19F6N5O/c1-12-19(32(31-30-12)15-5-7-28-8-6-15)17-3-2-4-18(29-17)33-16-10-13(20(22,23)24)9-14(11-16)21(25,26)27/h2-4,9-11,15,28H,5-8H2,1H3. The molecule has 33 heavy (non-hydrogen) atoms. The molecule has 2 aromatic heterocycles. The fourth-order valence-electron chi connectivity index (χ4n) is 3.69. The molecule has 176 valence electrons. The van der Waals surface area contributed by atoms with Crippen molar-refractivity contribution < 1.29 is 31.1 Å². The summed E-state index contributed by atoms with van der Waals surface area (Å²) in [6.45, 7) is 3.38. The molecule has 12 heteroatoms. The summed E-state index contributed by atoms with van der Waals surface area (Å²) >= 11 is 0. The minimum atomic E-state index is -4.97. The van der Waals surface area contributed by atoms with Crippen LogP contribution in [-0.2, 0) is 12.4 Å². The first-order valence-electron chi connectivity index (χ1n) is 10.1. The molecule has 0 radical (unpaired) electrons. The van der Waals surface area contributed by atoms with Gasteiger partial charge in [-0.05, 0) is 57.1 Å². The van der Waals surface area contributed by atoms with Gasteiger partial charge in [-0.1, -0.05) is 11.3 Å². The zero-order valence-electron chi connectivity index (χ0n) is 17.3. The molecule has 1 aliphatic rings. The van der Waals surface area contributed by atoms with Gasteiger partial charge in [0.1, 0.15) is 11.4 Å². The number of rotatable bonds is 4. The highest BCUT2D eigenvalue weighted by molar-refractivity contribution is 5.58. The third-order valence-electron chi connectivity index (χ3n) is 5.27. The molecule has 0 spiro atoms. The van der Waals surface area contributed by atoms with Crippen molar-refractivity contribution in [2.24, 2.45) is 0 Å². The number of ether oxygens (including phenoxy) is 1. The maximum atomic E-state index is 13.1. The quantitative estimate of drug-likeness (QED) is 0.516. The number of aryl methyl sites for hydroxylation is 1. The number of aromatic nitrogens is 4. The van der Waals surface area contributed by atoms with Crippen LogP contribution in [0.15, 0.2) is 36.4 Å². The monoisotopic (exact) mass is 471 g/mol. The molecule has 1 saturated heterocycles. The fraction of sp³-hybridized carbons (Fsp3) is 0.381. The molecule has 3 heterocycles. The summed E-state index contributed by atoms with van der Waals surface area (Å²) in [4.78, 5) is 4.31. The van der Waals surface area contributed by atoms with Gasteiger partial charge in [0.25, 0.3) is 0 Å². The van der Waals surface area contributed by atoms with E-state index in [4.69, 9.17) is 4.74 Å². The van der Waals surface area contributed by atoms with Gasteiger partial charge in [0.15, 0.2) is 0 Å². The summed E-state index contributed by atoms with van der Waals surface area (Å²) < 4.78 is 85.9. The van der Waals surface area contributed by atoms with Gasteiger partial charge in [0.05, 0.1) is 28.6 Å². The van der Waals surface area contributed by atoms with Gasteiger partial charge in [-0.2, -0.15) is 26.3 Å². The lowest BCUT2D eigenvalue weighted by molar-refractivity contribution is -0.143. The summed E-state index contributed by atoms with van der Waals surface area (Å²) in [5.41, 5.74) is -1.32. The first-order valence-corrected chi connectivity index (χ1v) is 10.1. The number of alkyl halides is 6. The van der Waals surface area contributed by atoms with E-state index in [-0.39, 0.29) is 18.0 Å². The van der Waals surface area contributed by atoms with Gasteiger partial charge in [-0.3, -0.25) is 0 Å². The largest absolute Gasteiger partial charge is 0.439 e. The highest BCUT2D eigenvalue weighted by Gasteiger charge is 2.37. The number of hydrogen-bond acceptors (Lipinski definition) is 5. The van der Waals surface area contributed by atoms with Crippen LogP contribution in [0.1, 0.15) is 35.7 Å². The number of nitrogens with one attached hydrogen (secondary N) is 1. The molecule has 1 aliphatic heterocycles. The predicted molar refractivity (Wildman–Crippen MR) is 106 cm³/mol. The molecule has 0 aliphatic carbocycles. The average Bonchev–Trinajstić information content (AvgIpc) is 3.14. The summed E-state index contributed by atoms with van der Waals surface area (Å²) in [6.07, 6.45) is -8.29. The van der Waals surface area contributed by atoms with Gasteiger partial charge in [0, 0.05) is 6.07 Å². The van der Waals surface area contributed by atoms with Crippen molar-refractivity contribution in [1.82, 2.24) is 25.3 Å². The van der Waals surface area contributed by atoms with Crippen LogP contribution in [-0.4, -0.2) is 33.1 Å². The van der Waals surface area contributed by atoms with E-state index in [1.807, 2.05) is 0 Å². The Morgan fingerprint density at radius 1 is 0.970 bits per heavy atom. The van der Waals surface area contributed by atoms with Crippen molar-refractivity contribution >= 4 is 0 Å². The van der Waals surface area contributed by atoms with E-state index in [1.54, 1.807) is 23.7 Å². The first-order chi connectivity index (χ1) is 15.5. The number of piperidine rings is 1. The molecule has 0 unspecified atom stereocenters. The number of hydrogen-bond donors (Lipinski definition) is 1. The SMILES string of the molecule is Cc1nnn(C2CCNCC2)c1-c1cccc(Oc2cc(C(F)(F)F)cc(C(F)(F)F)c2)n1. The third kappa shape index (κ3) is 5.10. The average molecular weight is 471 g/mol. The van der Waals surface area contributed by atoms with E-state index in [0.717, 1.165) is 25.9 Å². The Hall–Kier alpha value is -3.15. The van der Waals surface area contributed by atoms with Crippen LogP contribution in [0.3, 0.4) is 0 Å². The smallest absolute Gasteiger partial charge is 0.416 e. The van der Waals surface area contributed by atoms with E-state index in [9.17, 15) is 26.3 Å². The van der Waals surface area contributed by atoms with E-state index < -0.39 is 29.2 Å². The third-order valence-corrected chi connectivity index (χ3v) is 5.27. The highest BCUT2D eigenvalue weighted by atomic mass is 19.4. The lowest BCUT2D eigenvalue weighted by Crippen LogP contribution is -2.30. The maximum absolute atomic E-state index is 13.1. The molecule has 0 bridgehead atoms. The Morgan fingerprint density at radius 3 is 2.21 bits per heavy atom. The molecule has 0 saturated carbocycles. The van der Waals surface area contributed by atoms with E-state index >= 15 is 0 Å². The molecule has 1 fully saturated rings. The summed E-state index contributed by atoms with van der Waals surface area (Å²) in [5, 5.41) is 11.6. The Labute approximate surface area is 184 Å². The van der Waals surface area contributed by atoms with Gasteiger partial charge in [-0.25, -0.2) is 9.67 Å². The summed E-state index contributed by atoms with van der Waals surface area (Å²) in [7, 11) is 0. The van der Waals surface area contributed by atoms with Crippen LogP contribution in [0, 0.1) is 6.92 Å². The van der Waals surface area contributed by atoms with Crippen molar-refractivity contribution in [3.05, 3.63) is 53.2 Å². The lowest BCUT2D eigenvalue weighted by atomic mass is 10.1. The topological polar surface area (TPSA) is 64.9 Å². The zero-order valence-corrected chi connectivity index (χ0v) is 17.3. The van der Waals surface area contributed by atoms with Crippen LogP contribution in [0.4, 0.5) is 26.3 Å². The molecule has 1 aromatic carbocycles. The van der Waals surface area contributed by atoms with Crippen LogP contribution in [0.5, 0.6) is 11.6 Å². The zero-order chi connectivity index (χ0) is 23.8. The van der Waals surface area contributed by atoms with E-state index in [0.29, 0.717) is 29.2 Å². The molecule has 1 N–H and O–H groups in total. The van der Waals surface area contributed by atoms with Crippen molar-refractivity contribution in [2.75, 3.05) is 13.1 Å². The summed E-state index contributed by atoms with van der Waals surface area (Å²) in [6, 6.07) is 5.71. The molecule has 6 nitrogen and oxygen atoms in total. The van der Waals surface area contributed by atoms with Gasteiger partial charge in [-0.15, -0.1) is 5.10 Å². The van der Waals surface area contributed by atoms with Crippen LogP contribution in [0.2, 0.25) is 0 Å². The second-order valence-corrected chi connectivity index (χ2v) is 7.65. The minimum Gasteiger partial charge on any atom is -0.439 e. The van der Waals surface area contributed by atoms with Crippen molar-refractivity contribution in [3.63, 3.8) is 0 Å². The highest BCUT2D eigenvalue weighted by Crippen LogP contribution is 2.39. The Bertz CT molecular complexity index is 1100. The summed E-state index contributed by atoms with van der Waals surface area (Å²) in [5.74, 6) is -0.777. The normalized spacial score (nSPS) is 15.6. The molecule has 0 atom stereocenters. The number of nitrogens with zero attached hydrogens (tertiary/aromatic N) is 4. The Kier molecular flexibility index (Phi) is 6.04. The van der Waals surface area contributed by atoms with Crippen LogP contribution in [0.25, 0.3) is 11.4 Å². The van der Waals surface area contributed by atoms with Crippen molar-refractivity contribution in [1.29, 1.82) is 0 Å². The van der Waals surface area contributed by atoms with Gasteiger partial charge < -0.3 is 10.1 Å². The lowest BCUT2D eigenvalue weighted by Gasteiger charge is -2.24. The minimum absolute atomic E-state index is 0.0450. The second-order valence-electron chi connectivity index (χ2n) is 7.65. The molecule has 3 aromatic rings. The molecular formula is C21H19F6N5O. The molecule has 0 amide bonds. The van der Waals surface area contributed by atoms with Crippen LogP contribution >= 0.6 is 0 Å². The van der Waals surface area contributed by atoms with Crippen molar-refractivity contribution in [3.8, 4) is 23.0 Å². The van der Waals surface area contributed by atoms with E-state index in [2.05, 4.69) is 20.6 Å².